The number of sulfonamides is 1. The number of nitrogens with zero attached hydrogens (tertiary/aromatic N) is 2. The number of aromatic nitrogens is 2. The van der Waals surface area contributed by atoms with E-state index in [1.165, 1.54) is 22.5 Å². The van der Waals surface area contributed by atoms with Gasteiger partial charge in [0.05, 0.1) is 28.8 Å². The summed E-state index contributed by atoms with van der Waals surface area (Å²) in [6.45, 7) is 1.02. The molecule has 2 aromatic heterocycles. The quantitative estimate of drug-likeness (QED) is 0.690. The van der Waals surface area contributed by atoms with Gasteiger partial charge < -0.3 is 9.15 Å². The summed E-state index contributed by atoms with van der Waals surface area (Å²) in [5.41, 5.74) is 1.30. The predicted octanol–water partition coefficient (Wildman–Crippen LogP) is 1.89. The Hall–Kier alpha value is -2.49. The first-order chi connectivity index (χ1) is 13.0. The van der Waals surface area contributed by atoms with E-state index in [4.69, 9.17) is 9.15 Å². The van der Waals surface area contributed by atoms with Crippen LogP contribution in [0.25, 0.3) is 11.1 Å². The third-order valence-corrected chi connectivity index (χ3v) is 6.33. The molecule has 3 aromatic rings. The monoisotopic (exact) mass is 389 g/mol. The molecule has 0 radical (unpaired) electrons. The van der Waals surface area contributed by atoms with Crippen LogP contribution in [0.1, 0.15) is 18.5 Å². The van der Waals surface area contributed by atoms with Crippen LogP contribution in [0.3, 0.4) is 0 Å². The lowest BCUT2D eigenvalue weighted by Gasteiger charge is -2.24. The van der Waals surface area contributed by atoms with Crippen LogP contribution in [-0.4, -0.2) is 41.9 Å². The second-order valence-electron chi connectivity index (χ2n) is 6.43. The Morgan fingerprint density at radius 1 is 1.26 bits per heavy atom. The maximum Gasteiger partial charge on any atom is 0.417 e. The summed E-state index contributed by atoms with van der Waals surface area (Å²) in [7, 11) is -3.83. The molecule has 0 amide bonds. The van der Waals surface area contributed by atoms with Crippen LogP contribution >= 0.6 is 0 Å². The van der Waals surface area contributed by atoms with Crippen LogP contribution in [0.2, 0.25) is 0 Å². The van der Waals surface area contributed by atoms with Gasteiger partial charge in [0.25, 0.3) is 0 Å². The molecule has 27 heavy (non-hydrogen) atoms. The number of pyridine rings is 1. The Labute approximate surface area is 155 Å². The zero-order valence-corrected chi connectivity index (χ0v) is 15.3. The molecular weight excluding hydrogens is 370 g/mol. The van der Waals surface area contributed by atoms with Gasteiger partial charge in [-0.1, -0.05) is 6.07 Å². The number of hydrogen-bond donors (Lipinski definition) is 1. The Kier molecular flexibility index (Phi) is 4.81. The lowest BCUT2D eigenvalue weighted by Crippen LogP contribution is -2.37. The van der Waals surface area contributed by atoms with Gasteiger partial charge in [-0.2, -0.15) is 4.31 Å². The zero-order chi connectivity index (χ0) is 18.9. The topological polar surface area (TPSA) is 106 Å². The molecular formula is C18H19N3O5S. The number of benzene rings is 1. The van der Waals surface area contributed by atoms with Crippen molar-refractivity contribution in [2.45, 2.75) is 30.4 Å². The van der Waals surface area contributed by atoms with Crippen molar-refractivity contribution in [1.29, 1.82) is 0 Å². The summed E-state index contributed by atoms with van der Waals surface area (Å²) in [6.07, 6.45) is 3.23. The van der Waals surface area contributed by atoms with Gasteiger partial charge in [0.15, 0.2) is 5.58 Å². The van der Waals surface area contributed by atoms with E-state index in [9.17, 15) is 13.2 Å². The lowest BCUT2D eigenvalue weighted by molar-refractivity contribution is 0.0924. The van der Waals surface area contributed by atoms with Crippen molar-refractivity contribution in [3.63, 3.8) is 0 Å². The van der Waals surface area contributed by atoms with Gasteiger partial charge in [-0.25, -0.2) is 13.2 Å². The summed E-state index contributed by atoms with van der Waals surface area (Å²) in [6, 6.07) is 9.74. The maximum absolute atomic E-state index is 13.3. The van der Waals surface area contributed by atoms with Crippen molar-refractivity contribution >= 4 is 21.1 Å². The van der Waals surface area contributed by atoms with Crippen molar-refractivity contribution in [2.24, 2.45) is 0 Å². The van der Waals surface area contributed by atoms with E-state index in [2.05, 4.69) is 9.97 Å². The molecule has 0 saturated carbocycles. The molecule has 142 valence electrons. The number of H-pyrrole nitrogens is 1. The fourth-order valence-corrected chi connectivity index (χ4v) is 4.63. The highest BCUT2D eigenvalue weighted by Crippen LogP contribution is 2.24. The van der Waals surface area contributed by atoms with Gasteiger partial charge in [-0.3, -0.25) is 9.97 Å². The Morgan fingerprint density at radius 3 is 2.89 bits per heavy atom. The van der Waals surface area contributed by atoms with E-state index in [0.717, 1.165) is 12.8 Å². The standard InChI is InChI=1S/C18H19N3O5S/c22-18-20-16-7-6-15(10-17(16)26-18)27(23,24)21(12-14-5-3-9-25-14)11-13-4-1-2-8-19-13/h1-2,4,6-8,10,14H,3,5,9,11-12H2,(H,20,22). The molecule has 0 bridgehead atoms. The van der Waals surface area contributed by atoms with E-state index < -0.39 is 15.8 Å². The molecule has 3 heterocycles. The van der Waals surface area contributed by atoms with Gasteiger partial charge in [0, 0.05) is 25.4 Å². The minimum Gasteiger partial charge on any atom is -0.408 e. The van der Waals surface area contributed by atoms with Crippen LogP contribution in [0.15, 0.2) is 56.7 Å². The van der Waals surface area contributed by atoms with Crippen molar-refractivity contribution in [2.75, 3.05) is 13.2 Å². The van der Waals surface area contributed by atoms with Crippen LogP contribution in [0, 0.1) is 0 Å². The normalized spacial score (nSPS) is 17.7. The highest BCUT2D eigenvalue weighted by Gasteiger charge is 2.30. The maximum atomic E-state index is 13.3. The SMILES string of the molecule is O=c1[nH]c2ccc(S(=O)(=O)N(Cc3ccccn3)CC3CCCO3)cc2o1. The van der Waals surface area contributed by atoms with Crippen molar-refractivity contribution in [1.82, 2.24) is 14.3 Å². The fourth-order valence-electron chi connectivity index (χ4n) is 3.17. The van der Waals surface area contributed by atoms with Gasteiger partial charge in [-0.05, 0) is 37.1 Å². The van der Waals surface area contributed by atoms with E-state index in [1.807, 2.05) is 6.07 Å². The number of aromatic amines is 1. The van der Waals surface area contributed by atoms with Gasteiger partial charge >= 0.3 is 5.76 Å². The fraction of sp³-hybridized carbons (Fsp3) is 0.333. The molecule has 1 aliphatic heterocycles. The molecule has 8 nitrogen and oxygen atoms in total. The van der Waals surface area contributed by atoms with Crippen molar-refractivity contribution in [3.05, 3.63) is 58.8 Å². The average molecular weight is 389 g/mol. The van der Waals surface area contributed by atoms with Crippen LogP contribution < -0.4 is 5.76 Å². The van der Waals surface area contributed by atoms with Gasteiger partial charge in [0.2, 0.25) is 10.0 Å². The summed E-state index contributed by atoms with van der Waals surface area (Å²) >= 11 is 0. The van der Waals surface area contributed by atoms with Crippen LogP contribution in [0.4, 0.5) is 0 Å². The lowest BCUT2D eigenvalue weighted by atomic mass is 10.2. The molecule has 9 heteroatoms. The highest BCUT2D eigenvalue weighted by atomic mass is 32.2. The van der Waals surface area contributed by atoms with E-state index in [0.29, 0.717) is 17.8 Å². The average Bonchev–Trinajstić information content (AvgIpc) is 3.29. The number of ether oxygens (including phenoxy) is 1. The highest BCUT2D eigenvalue weighted by molar-refractivity contribution is 7.89. The summed E-state index contributed by atoms with van der Waals surface area (Å²) in [5, 5.41) is 0. The molecule has 1 atom stereocenters. The first-order valence-corrected chi connectivity index (χ1v) is 10.1. The smallest absolute Gasteiger partial charge is 0.408 e. The van der Waals surface area contributed by atoms with Gasteiger partial charge in [0.1, 0.15) is 0 Å². The molecule has 4 rings (SSSR count). The first-order valence-electron chi connectivity index (χ1n) is 8.67. The third kappa shape index (κ3) is 3.80. The molecule has 1 saturated heterocycles. The summed E-state index contributed by atoms with van der Waals surface area (Å²) in [4.78, 5) is 18.2. The Bertz CT molecular complexity index is 1080. The second-order valence-corrected chi connectivity index (χ2v) is 8.36. The number of nitrogens with one attached hydrogen (secondary N) is 1. The Balaban J connectivity index is 1.69. The molecule has 1 aliphatic rings. The minimum atomic E-state index is -3.83. The first kappa shape index (κ1) is 17.9. The minimum absolute atomic E-state index is 0.0617. The predicted molar refractivity (Wildman–Crippen MR) is 97.6 cm³/mol. The van der Waals surface area contributed by atoms with E-state index in [1.54, 1.807) is 18.3 Å². The molecule has 1 N–H and O–H groups in total. The molecule has 1 fully saturated rings. The number of rotatable bonds is 6. The summed E-state index contributed by atoms with van der Waals surface area (Å²) < 4.78 is 38.6. The van der Waals surface area contributed by atoms with Gasteiger partial charge in [-0.15, -0.1) is 0 Å². The van der Waals surface area contributed by atoms with Crippen LogP contribution in [-0.2, 0) is 21.3 Å². The summed E-state index contributed by atoms with van der Waals surface area (Å²) in [5.74, 6) is -0.621. The van der Waals surface area contributed by atoms with E-state index in [-0.39, 0.29) is 29.7 Å². The molecule has 1 aromatic carbocycles. The number of hydrogen-bond acceptors (Lipinski definition) is 6. The van der Waals surface area contributed by atoms with Crippen LogP contribution in [0.5, 0.6) is 0 Å². The van der Waals surface area contributed by atoms with E-state index >= 15 is 0 Å². The number of fused-ring (bicyclic) bond motifs is 1. The molecule has 1 unspecified atom stereocenters. The van der Waals surface area contributed by atoms with Crippen molar-refractivity contribution < 1.29 is 17.6 Å². The number of oxazole rings is 1. The Morgan fingerprint density at radius 2 is 2.15 bits per heavy atom. The third-order valence-electron chi connectivity index (χ3n) is 4.53. The second kappa shape index (κ2) is 7.26. The molecule has 0 spiro atoms. The largest absolute Gasteiger partial charge is 0.417 e. The molecule has 0 aliphatic carbocycles. The zero-order valence-electron chi connectivity index (χ0n) is 14.5. The van der Waals surface area contributed by atoms with Crippen molar-refractivity contribution in [3.8, 4) is 0 Å².